The highest BCUT2D eigenvalue weighted by Gasteiger charge is 2.46. The maximum absolute atomic E-state index is 14.5. The van der Waals surface area contributed by atoms with Gasteiger partial charge >= 0.3 is 5.97 Å². The molecule has 8 heteroatoms. The Kier molecular flexibility index (Phi) is 7.66. The van der Waals surface area contributed by atoms with Crippen molar-refractivity contribution in [3.05, 3.63) is 58.7 Å². The molecule has 40 heavy (non-hydrogen) atoms. The smallest absolute Gasteiger partial charge is 0.308 e. The standard InChI is InChI=1S/C32H40N2O6/c1-19-14-20-11-12-26(32(2,3)4)34-28(20)24(15-19)29(21-8-6-10-23(16-21)39-5)40-25(30(34)36)17-27(35)33-13-7-9-22(18-33)31(37)38/h6,8,10,14-16,22,25-26,29H,7,9,11-13,17-18H2,1-5H3,(H,37,38)/t22?,25-,26+,29-/m1/s1. The fourth-order valence-corrected chi connectivity index (χ4v) is 6.57. The monoisotopic (exact) mass is 548 g/mol. The van der Waals surface area contributed by atoms with E-state index in [0.717, 1.165) is 40.8 Å². The van der Waals surface area contributed by atoms with Crippen LogP contribution in [0.4, 0.5) is 5.69 Å². The average molecular weight is 549 g/mol. The van der Waals surface area contributed by atoms with Crippen molar-refractivity contribution in [1.82, 2.24) is 4.90 Å². The van der Waals surface area contributed by atoms with E-state index in [9.17, 15) is 19.5 Å². The molecular weight excluding hydrogens is 508 g/mol. The normalized spacial score (nSPS) is 24.8. The SMILES string of the molecule is COc1cccc([C@H]2O[C@H](CC(=O)N3CCCC(C(=O)O)C3)C(=O)N3c4c(cc(C)cc42)CC[C@H]3C(C)(C)C)c1. The summed E-state index contributed by atoms with van der Waals surface area (Å²) >= 11 is 0. The van der Waals surface area contributed by atoms with Crippen LogP contribution in [0.25, 0.3) is 0 Å². The molecule has 0 aromatic heterocycles. The molecule has 1 N–H and O–H groups in total. The lowest BCUT2D eigenvalue weighted by atomic mass is 9.78. The zero-order valence-electron chi connectivity index (χ0n) is 24.1. The zero-order valence-corrected chi connectivity index (χ0v) is 24.1. The van der Waals surface area contributed by atoms with E-state index in [0.29, 0.717) is 25.1 Å². The summed E-state index contributed by atoms with van der Waals surface area (Å²) in [5, 5.41) is 9.54. The first-order chi connectivity index (χ1) is 19.0. The molecule has 3 aliphatic rings. The van der Waals surface area contributed by atoms with Gasteiger partial charge in [-0.15, -0.1) is 0 Å². The number of anilines is 1. The number of carboxylic acids is 1. The van der Waals surface area contributed by atoms with Crippen molar-refractivity contribution in [2.24, 2.45) is 11.3 Å². The Labute approximate surface area is 236 Å². The van der Waals surface area contributed by atoms with Crippen molar-refractivity contribution in [1.29, 1.82) is 0 Å². The minimum absolute atomic E-state index is 0.0643. The van der Waals surface area contributed by atoms with Gasteiger partial charge in [0, 0.05) is 24.7 Å². The number of amides is 2. The predicted octanol–water partition coefficient (Wildman–Crippen LogP) is 4.90. The van der Waals surface area contributed by atoms with E-state index in [2.05, 4.69) is 39.8 Å². The van der Waals surface area contributed by atoms with Crippen molar-refractivity contribution in [2.45, 2.75) is 78.0 Å². The number of hydrogen-bond donors (Lipinski definition) is 1. The van der Waals surface area contributed by atoms with E-state index in [1.807, 2.05) is 29.2 Å². The Morgan fingerprint density at radius 3 is 2.62 bits per heavy atom. The number of aliphatic carboxylic acids is 1. The number of aryl methyl sites for hydroxylation is 2. The second-order valence-electron chi connectivity index (χ2n) is 12.5. The van der Waals surface area contributed by atoms with Gasteiger partial charge in [-0.1, -0.05) is 50.6 Å². The summed E-state index contributed by atoms with van der Waals surface area (Å²) in [5.41, 5.74) is 4.68. The number of hydrogen-bond acceptors (Lipinski definition) is 5. The number of methoxy groups -OCH3 is 1. The maximum Gasteiger partial charge on any atom is 0.308 e. The molecular formula is C32H40N2O6. The molecule has 2 aromatic rings. The Hall–Kier alpha value is -3.39. The third-order valence-corrected chi connectivity index (χ3v) is 8.58. The summed E-state index contributed by atoms with van der Waals surface area (Å²) in [7, 11) is 1.62. The van der Waals surface area contributed by atoms with Gasteiger partial charge in [-0.3, -0.25) is 14.4 Å². The van der Waals surface area contributed by atoms with Gasteiger partial charge in [-0.2, -0.15) is 0 Å². The number of carbonyl (C=O) groups excluding carboxylic acids is 2. The minimum Gasteiger partial charge on any atom is -0.497 e. The van der Waals surface area contributed by atoms with Gasteiger partial charge < -0.3 is 24.4 Å². The molecule has 1 fully saturated rings. The lowest BCUT2D eigenvalue weighted by Gasteiger charge is -2.45. The van der Waals surface area contributed by atoms with Gasteiger partial charge in [0.25, 0.3) is 5.91 Å². The zero-order chi connectivity index (χ0) is 28.8. The summed E-state index contributed by atoms with van der Waals surface area (Å²) < 4.78 is 12.2. The highest BCUT2D eigenvalue weighted by atomic mass is 16.5. The first-order valence-electron chi connectivity index (χ1n) is 14.2. The molecule has 1 unspecified atom stereocenters. The van der Waals surface area contributed by atoms with E-state index in [4.69, 9.17) is 9.47 Å². The quantitative estimate of drug-likeness (QED) is 0.571. The Balaban J connectivity index is 1.59. The van der Waals surface area contributed by atoms with Crippen LogP contribution >= 0.6 is 0 Å². The minimum atomic E-state index is -1.02. The van der Waals surface area contributed by atoms with Crippen LogP contribution in [-0.4, -0.2) is 60.1 Å². The van der Waals surface area contributed by atoms with E-state index in [1.165, 1.54) is 0 Å². The Morgan fingerprint density at radius 1 is 1.15 bits per heavy atom. The van der Waals surface area contributed by atoms with Crippen LogP contribution in [0.1, 0.15) is 74.8 Å². The van der Waals surface area contributed by atoms with Crippen LogP contribution in [0, 0.1) is 18.3 Å². The summed E-state index contributed by atoms with van der Waals surface area (Å²) in [6.07, 6.45) is 1.12. The molecule has 4 atom stereocenters. The van der Waals surface area contributed by atoms with E-state index in [1.54, 1.807) is 12.0 Å². The van der Waals surface area contributed by atoms with Crippen molar-refractivity contribution in [3.63, 3.8) is 0 Å². The Bertz CT molecular complexity index is 1310. The maximum atomic E-state index is 14.5. The summed E-state index contributed by atoms with van der Waals surface area (Å²) in [6.45, 7) is 9.15. The van der Waals surface area contributed by atoms with E-state index in [-0.39, 0.29) is 36.2 Å². The lowest BCUT2D eigenvalue weighted by Crippen LogP contribution is -2.54. The fourth-order valence-electron chi connectivity index (χ4n) is 6.57. The number of carboxylic acid groups (broad SMARTS) is 1. The largest absolute Gasteiger partial charge is 0.497 e. The van der Waals surface area contributed by atoms with Crippen LogP contribution in [0.5, 0.6) is 5.75 Å². The van der Waals surface area contributed by atoms with Gasteiger partial charge in [-0.05, 0) is 61.3 Å². The number of rotatable bonds is 5. The van der Waals surface area contributed by atoms with E-state index >= 15 is 0 Å². The molecule has 5 rings (SSSR count). The molecule has 2 aromatic carbocycles. The Morgan fingerprint density at radius 2 is 1.93 bits per heavy atom. The fraction of sp³-hybridized carbons (Fsp3) is 0.531. The number of carbonyl (C=O) groups is 3. The molecule has 0 saturated carbocycles. The average Bonchev–Trinajstić information content (AvgIpc) is 3.04. The number of piperidine rings is 1. The topological polar surface area (TPSA) is 96.4 Å². The molecule has 2 amide bonds. The molecule has 8 nitrogen and oxygen atoms in total. The van der Waals surface area contributed by atoms with Gasteiger partial charge in [0.15, 0.2) is 0 Å². The van der Waals surface area contributed by atoms with Crippen molar-refractivity contribution >= 4 is 23.5 Å². The second kappa shape index (κ2) is 10.9. The lowest BCUT2D eigenvalue weighted by molar-refractivity contribution is -0.149. The molecule has 0 bridgehead atoms. The van der Waals surface area contributed by atoms with Gasteiger partial charge in [0.05, 0.1) is 25.1 Å². The van der Waals surface area contributed by atoms with Gasteiger partial charge in [0.1, 0.15) is 18.0 Å². The molecule has 0 radical (unpaired) electrons. The van der Waals surface area contributed by atoms with Crippen LogP contribution in [0.2, 0.25) is 0 Å². The molecule has 214 valence electrons. The summed E-state index contributed by atoms with van der Waals surface area (Å²) in [6, 6.07) is 11.9. The molecule has 3 aliphatic heterocycles. The first kappa shape index (κ1) is 28.1. The van der Waals surface area contributed by atoms with Crippen molar-refractivity contribution in [3.8, 4) is 5.75 Å². The summed E-state index contributed by atoms with van der Waals surface area (Å²) in [5.74, 6) is -1.26. The van der Waals surface area contributed by atoms with Gasteiger partial charge in [0.2, 0.25) is 5.91 Å². The van der Waals surface area contributed by atoms with Crippen LogP contribution in [-0.2, 0) is 25.5 Å². The second-order valence-corrected chi connectivity index (χ2v) is 12.5. The third kappa shape index (κ3) is 5.33. The number of benzene rings is 2. The highest BCUT2D eigenvalue weighted by molar-refractivity contribution is 6.02. The van der Waals surface area contributed by atoms with Crippen LogP contribution in [0.15, 0.2) is 36.4 Å². The number of likely N-dealkylation sites (tertiary alicyclic amines) is 1. The summed E-state index contributed by atoms with van der Waals surface area (Å²) in [4.78, 5) is 43.2. The van der Waals surface area contributed by atoms with Crippen LogP contribution < -0.4 is 9.64 Å². The van der Waals surface area contributed by atoms with Crippen molar-refractivity contribution in [2.75, 3.05) is 25.1 Å². The third-order valence-electron chi connectivity index (χ3n) is 8.58. The number of ether oxygens (including phenoxy) is 2. The van der Waals surface area contributed by atoms with E-state index < -0.39 is 24.1 Å². The van der Waals surface area contributed by atoms with Gasteiger partial charge in [-0.25, -0.2) is 0 Å². The molecule has 3 heterocycles. The number of nitrogens with zero attached hydrogens (tertiary/aromatic N) is 2. The van der Waals surface area contributed by atoms with Crippen molar-refractivity contribution < 1.29 is 29.0 Å². The molecule has 1 saturated heterocycles. The molecule has 0 spiro atoms. The first-order valence-corrected chi connectivity index (χ1v) is 14.2. The molecule has 0 aliphatic carbocycles. The van der Waals surface area contributed by atoms with Crippen LogP contribution in [0.3, 0.4) is 0 Å². The predicted molar refractivity (Wildman–Crippen MR) is 151 cm³/mol. The highest BCUT2D eigenvalue weighted by Crippen LogP contribution is 2.48.